The van der Waals surface area contributed by atoms with Gasteiger partial charge in [-0.3, -0.25) is 14.2 Å². The number of amides is 1. The van der Waals surface area contributed by atoms with Crippen molar-refractivity contribution in [2.45, 2.75) is 32.2 Å². The largest absolute Gasteiger partial charge is 0.354 e. The summed E-state index contributed by atoms with van der Waals surface area (Å²) in [6.07, 6.45) is 2.98. The number of aromatic nitrogens is 3. The summed E-state index contributed by atoms with van der Waals surface area (Å²) in [7, 11) is 0. The number of fused-ring (bicyclic) bond motifs is 3. The van der Waals surface area contributed by atoms with Crippen LogP contribution in [0.15, 0.2) is 102 Å². The summed E-state index contributed by atoms with van der Waals surface area (Å²) in [5.41, 5.74) is 3.56. The molecule has 2 heterocycles. The molecule has 6 aromatic rings. The van der Waals surface area contributed by atoms with Crippen LogP contribution in [0, 0.1) is 0 Å². The van der Waals surface area contributed by atoms with Gasteiger partial charge in [-0.25, -0.2) is 4.98 Å². The highest BCUT2D eigenvalue weighted by Crippen LogP contribution is 2.30. The van der Waals surface area contributed by atoms with Gasteiger partial charge in [-0.05, 0) is 47.0 Å². The Morgan fingerprint density at radius 1 is 0.897 bits per heavy atom. The number of benzene rings is 4. The van der Waals surface area contributed by atoms with Crippen molar-refractivity contribution in [3.05, 3.63) is 113 Å². The van der Waals surface area contributed by atoms with Gasteiger partial charge in [0.1, 0.15) is 6.04 Å². The molecule has 4 aromatic carbocycles. The van der Waals surface area contributed by atoms with E-state index >= 15 is 0 Å². The molecule has 0 fully saturated rings. The van der Waals surface area contributed by atoms with E-state index in [1.54, 1.807) is 4.57 Å². The number of unbranched alkanes of at least 4 members (excludes halogenated alkanes) is 2. The van der Waals surface area contributed by atoms with Crippen molar-refractivity contribution >= 4 is 38.6 Å². The van der Waals surface area contributed by atoms with Crippen LogP contribution in [-0.4, -0.2) is 27.0 Å². The van der Waals surface area contributed by atoms with Crippen molar-refractivity contribution in [2.75, 3.05) is 6.54 Å². The predicted molar refractivity (Wildman–Crippen MR) is 158 cm³/mol. The van der Waals surface area contributed by atoms with Gasteiger partial charge in [0.25, 0.3) is 5.56 Å². The summed E-state index contributed by atoms with van der Waals surface area (Å²) in [5.74, 6) is -0.205. The maximum absolute atomic E-state index is 14.4. The summed E-state index contributed by atoms with van der Waals surface area (Å²) >= 11 is 0. The average Bonchev–Trinajstić information content (AvgIpc) is 3.41. The van der Waals surface area contributed by atoms with Crippen molar-refractivity contribution in [3.8, 4) is 11.4 Å². The Morgan fingerprint density at radius 2 is 1.64 bits per heavy atom. The van der Waals surface area contributed by atoms with Crippen LogP contribution in [-0.2, 0) is 4.79 Å². The van der Waals surface area contributed by atoms with Gasteiger partial charge in [-0.2, -0.15) is 0 Å². The summed E-state index contributed by atoms with van der Waals surface area (Å²) in [6, 6.07) is 30.4. The molecular formula is C33H30N4O2. The maximum Gasteiger partial charge on any atom is 0.280 e. The molecule has 6 rings (SSSR count). The van der Waals surface area contributed by atoms with Crippen LogP contribution < -0.4 is 10.9 Å². The second-order valence-corrected chi connectivity index (χ2v) is 9.86. The van der Waals surface area contributed by atoms with Gasteiger partial charge < -0.3 is 10.3 Å². The van der Waals surface area contributed by atoms with Crippen molar-refractivity contribution < 1.29 is 4.79 Å². The lowest BCUT2D eigenvalue weighted by Gasteiger charge is -2.24. The molecule has 1 unspecified atom stereocenters. The fourth-order valence-corrected chi connectivity index (χ4v) is 5.36. The molecule has 0 spiro atoms. The van der Waals surface area contributed by atoms with Crippen LogP contribution in [0.3, 0.4) is 0 Å². The Bertz CT molecular complexity index is 1830. The van der Waals surface area contributed by atoms with Crippen LogP contribution in [0.5, 0.6) is 0 Å². The predicted octanol–water partition coefficient (Wildman–Crippen LogP) is 6.59. The molecule has 6 nitrogen and oxygen atoms in total. The van der Waals surface area contributed by atoms with Crippen LogP contribution >= 0.6 is 0 Å². The summed E-state index contributed by atoms with van der Waals surface area (Å²) < 4.78 is 1.63. The van der Waals surface area contributed by atoms with Gasteiger partial charge in [-0.15, -0.1) is 0 Å². The molecule has 0 bridgehead atoms. The highest BCUT2D eigenvalue weighted by atomic mass is 16.2. The molecule has 1 amide bonds. The van der Waals surface area contributed by atoms with E-state index in [-0.39, 0.29) is 17.2 Å². The number of carbonyl (C=O) groups excluding carboxylic acids is 1. The summed E-state index contributed by atoms with van der Waals surface area (Å²) in [5, 5.41) is 6.07. The van der Waals surface area contributed by atoms with Gasteiger partial charge in [0.05, 0.1) is 16.7 Å². The fourth-order valence-electron chi connectivity index (χ4n) is 5.36. The number of rotatable bonds is 8. The highest BCUT2D eigenvalue weighted by molar-refractivity contribution is 5.94. The first kappa shape index (κ1) is 24.6. The van der Waals surface area contributed by atoms with Gasteiger partial charge in [0.15, 0.2) is 5.69 Å². The van der Waals surface area contributed by atoms with E-state index < -0.39 is 6.04 Å². The SMILES string of the molecule is CCCCCNC(=O)C(c1cccc2ccccc12)n1c(=O)c(-c2cc3ccccc3[nH]2)nc2ccccc21. The molecule has 194 valence electrons. The van der Waals surface area contributed by atoms with Crippen LogP contribution in [0.2, 0.25) is 0 Å². The highest BCUT2D eigenvalue weighted by Gasteiger charge is 2.29. The van der Waals surface area contributed by atoms with Crippen LogP contribution in [0.4, 0.5) is 0 Å². The van der Waals surface area contributed by atoms with Gasteiger partial charge in [0.2, 0.25) is 5.91 Å². The van der Waals surface area contributed by atoms with Crippen molar-refractivity contribution in [1.29, 1.82) is 0 Å². The van der Waals surface area contributed by atoms with Crippen molar-refractivity contribution in [2.24, 2.45) is 0 Å². The van der Waals surface area contributed by atoms with E-state index in [0.29, 0.717) is 23.3 Å². The molecular weight excluding hydrogens is 484 g/mol. The molecule has 6 heteroatoms. The van der Waals surface area contributed by atoms with Gasteiger partial charge >= 0.3 is 0 Å². The third-order valence-electron chi connectivity index (χ3n) is 7.28. The number of nitrogens with one attached hydrogen (secondary N) is 2. The quantitative estimate of drug-likeness (QED) is 0.225. The van der Waals surface area contributed by atoms with Gasteiger partial charge in [-0.1, -0.05) is 92.6 Å². The molecule has 0 aliphatic heterocycles. The topological polar surface area (TPSA) is 79.8 Å². The number of nitrogens with zero attached hydrogens (tertiary/aromatic N) is 2. The average molecular weight is 515 g/mol. The third kappa shape index (κ3) is 4.59. The molecule has 0 saturated heterocycles. The van der Waals surface area contributed by atoms with Crippen LogP contribution in [0.1, 0.15) is 37.8 Å². The Kier molecular flexibility index (Phi) is 6.68. The lowest BCUT2D eigenvalue weighted by atomic mass is 9.97. The van der Waals surface area contributed by atoms with E-state index in [0.717, 1.165) is 46.5 Å². The standard InChI is InChI=1S/C33H30N4O2/c1-2-3-10-20-34-32(38)31(25-16-11-14-22-12-4-6-15-24(22)25)37-29-19-9-8-18-27(29)36-30(33(37)39)28-21-23-13-5-7-17-26(23)35-28/h4-9,11-19,21,31,35H,2-3,10,20H2,1H3,(H,34,38). The number of hydrogen-bond acceptors (Lipinski definition) is 3. The monoisotopic (exact) mass is 514 g/mol. The number of para-hydroxylation sites is 3. The molecule has 39 heavy (non-hydrogen) atoms. The molecule has 0 aliphatic carbocycles. The van der Waals surface area contributed by atoms with Crippen LogP contribution in [0.25, 0.3) is 44.1 Å². The van der Waals surface area contributed by atoms with E-state index in [2.05, 4.69) is 17.2 Å². The summed E-state index contributed by atoms with van der Waals surface area (Å²) in [6.45, 7) is 2.69. The zero-order chi connectivity index (χ0) is 26.8. The molecule has 0 aliphatic rings. The Balaban J connectivity index is 1.61. The number of H-pyrrole nitrogens is 1. The minimum Gasteiger partial charge on any atom is -0.354 e. The zero-order valence-electron chi connectivity index (χ0n) is 21.9. The second kappa shape index (κ2) is 10.6. The van der Waals surface area contributed by atoms with E-state index in [1.807, 2.05) is 97.1 Å². The first-order chi connectivity index (χ1) is 19.2. The Hall–Kier alpha value is -4.71. The number of hydrogen-bond donors (Lipinski definition) is 2. The fraction of sp³-hybridized carbons (Fsp3) is 0.182. The zero-order valence-corrected chi connectivity index (χ0v) is 21.9. The van der Waals surface area contributed by atoms with Crippen molar-refractivity contribution in [3.63, 3.8) is 0 Å². The van der Waals surface area contributed by atoms with E-state index in [1.165, 1.54) is 0 Å². The summed E-state index contributed by atoms with van der Waals surface area (Å²) in [4.78, 5) is 36.6. The lowest BCUT2D eigenvalue weighted by molar-refractivity contribution is -0.123. The Labute approximate surface area is 226 Å². The number of carbonyl (C=O) groups is 1. The molecule has 2 N–H and O–H groups in total. The third-order valence-corrected chi connectivity index (χ3v) is 7.28. The molecule has 2 aromatic heterocycles. The molecule has 0 saturated carbocycles. The first-order valence-electron chi connectivity index (χ1n) is 13.5. The normalized spacial score (nSPS) is 12.2. The minimum atomic E-state index is -0.874. The minimum absolute atomic E-state index is 0.205. The second-order valence-electron chi connectivity index (χ2n) is 9.86. The first-order valence-corrected chi connectivity index (χ1v) is 13.5. The van der Waals surface area contributed by atoms with Gasteiger partial charge in [0, 0.05) is 17.4 Å². The molecule has 1 atom stereocenters. The van der Waals surface area contributed by atoms with E-state index in [4.69, 9.17) is 4.98 Å². The molecule has 0 radical (unpaired) electrons. The maximum atomic E-state index is 14.4. The lowest BCUT2D eigenvalue weighted by Crippen LogP contribution is -2.39. The van der Waals surface area contributed by atoms with Crippen molar-refractivity contribution in [1.82, 2.24) is 19.9 Å². The smallest absolute Gasteiger partial charge is 0.280 e. The number of aromatic amines is 1. The Morgan fingerprint density at radius 3 is 2.49 bits per heavy atom. The van der Waals surface area contributed by atoms with E-state index in [9.17, 15) is 9.59 Å².